The molecule has 2 atom stereocenters. The van der Waals surface area contributed by atoms with Crippen molar-refractivity contribution >= 4 is 22.5 Å². The molecular weight excluding hydrogens is 413 g/mol. The third kappa shape index (κ3) is 3.17. The third-order valence-corrected chi connectivity index (χ3v) is 6.54. The lowest BCUT2D eigenvalue weighted by atomic mass is 9.74. The molecule has 1 aromatic carbocycles. The third-order valence-electron chi connectivity index (χ3n) is 6.54. The average molecular weight is 439 g/mol. The van der Waals surface area contributed by atoms with Gasteiger partial charge in [0, 0.05) is 42.8 Å². The van der Waals surface area contributed by atoms with Crippen LogP contribution in [0.5, 0.6) is 5.75 Å². The van der Waals surface area contributed by atoms with Crippen molar-refractivity contribution in [2.45, 2.75) is 50.7 Å². The van der Waals surface area contributed by atoms with Gasteiger partial charge in [-0.1, -0.05) is 0 Å². The van der Waals surface area contributed by atoms with Gasteiger partial charge >= 0.3 is 0 Å². The second kappa shape index (κ2) is 7.70. The summed E-state index contributed by atoms with van der Waals surface area (Å²) >= 11 is 0. The van der Waals surface area contributed by atoms with Gasteiger partial charge in [0.25, 0.3) is 0 Å². The number of nitrogen functional groups attached to an aromatic ring is 1. The quantitative estimate of drug-likeness (QED) is 0.508. The molecule has 0 spiro atoms. The van der Waals surface area contributed by atoms with Gasteiger partial charge in [-0.05, 0) is 38.7 Å². The molecule has 168 valence electrons. The van der Waals surface area contributed by atoms with E-state index in [1.165, 1.54) is 23.8 Å². The van der Waals surface area contributed by atoms with E-state index in [0.29, 0.717) is 22.4 Å². The summed E-state index contributed by atoms with van der Waals surface area (Å²) < 4.78 is 28.9. The van der Waals surface area contributed by atoms with Crippen LogP contribution in [0, 0.1) is 5.82 Å². The lowest BCUT2D eigenvalue weighted by Gasteiger charge is -2.38. The fourth-order valence-corrected chi connectivity index (χ4v) is 4.77. The highest BCUT2D eigenvalue weighted by molar-refractivity contribution is 5.93. The molecule has 0 radical (unpaired) electrons. The monoisotopic (exact) mass is 439 g/mol. The molecule has 4 aromatic rings. The van der Waals surface area contributed by atoms with Crippen molar-refractivity contribution in [3.63, 3.8) is 0 Å². The maximum atomic E-state index is 14.4. The number of methoxy groups -OCH3 is 2. The summed E-state index contributed by atoms with van der Waals surface area (Å²) in [6.07, 6.45) is 7.46. The maximum Gasteiger partial charge on any atom is 0.223 e. The normalized spacial score (nSPS) is 21.4. The Hall–Kier alpha value is -3.27. The first-order chi connectivity index (χ1) is 15.5. The lowest BCUT2D eigenvalue weighted by Crippen LogP contribution is -2.34. The van der Waals surface area contributed by atoms with E-state index < -0.39 is 11.4 Å². The van der Waals surface area contributed by atoms with E-state index >= 15 is 0 Å². The number of nitrogens with two attached hydrogens (primary N) is 1. The molecule has 1 fully saturated rings. The first-order valence-electron chi connectivity index (χ1n) is 10.8. The van der Waals surface area contributed by atoms with Crippen LogP contribution in [-0.2, 0) is 16.9 Å². The molecule has 2 N–H and O–H groups in total. The Labute approximate surface area is 184 Å². The smallest absolute Gasteiger partial charge is 0.223 e. The summed E-state index contributed by atoms with van der Waals surface area (Å²) in [6.45, 7) is 2.86. The number of benzene rings is 1. The topological polar surface area (TPSA) is 105 Å². The number of aryl methyl sites for hydroxylation is 1. The molecular formula is C22H26FN7O2. The number of anilines is 1. The van der Waals surface area contributed by atoms with Crippen molar-refractivity contribution in [3.8, 4) is 5.75 Å². The standard InChI is InChI=1S/C22H26FN7O2/c1-4-29-12-14(11-25-29)22(32-3)7-5-6-13(10-22)19-27-20-15-8-16(23)18(31-2)9-17(15)26-21(24)30(20)28-19/h8-9,11-13H,4-7,10H2,1-3H3,(H2,24,26). The molecule has 0 amide bonds. The van der Waals surface area contributed by atoms with Crippen LogP contribution < -0.4 is 10.5 Å². The Morgan fingerprint density at radius 1 is 1.28 bits per heavy atom. The van der Waals surface area contributed by atoms with Gasteiger partial charge in [0.1, 0.15) is 0 Å². The van der Waals surface area contributed by atoms with Crippen LogP contribution in [-0.4, -0.2) is 43.6 Å². The van der Waals surface area contributed by atoms with Crippen LogP contribution in [0.25, 0.3) is 16.6 Å². The van der Waals surface area contributed by atoms with Gasteiger partial charge in [-0.15, -0.1) is 5.10 Å². The summed E-state index contributed by atoms with van der Waals surface area (Å²) in [6, 6.07) is 2.89. The molecule has 2 unspecified atom stereocenters. The van der Waals surface area contributed by atoms with Crippen molar-refractivity contribution in [1.29, 1.82) is 0 Å². The zero-order chi connectivity index (χ0) is 22.5. The first kappa shape index (κ1) is 20.6. The molecule has 32 heavy (non-hydrogen) atoms. The molecule has 10 heteroatoms. The Morgan fingerprint density at radius 3 is 2.84 bits per heavy atom. The molecule has 3 heterocycles. The van der Waals surface area contributed by atoms with Crippen LogP contribution in [0.15, 0.2) is 24.5 Å². The summed E-state index contributed by atoms with van der Waals surface area (Å²) in [5.41, 5.74) is 7.77. The second-order valence-corrected chi connectivity index (χ2v) is 8.26. The first-order valence-corrected chi connectivity index (χ1v) is 10.8. The van der Waals surface area contributed by atoms with Crippen LogP contribution in [0.2, 0.25) is 0 Å². The zero-order valence-electron chi connectivity index (χ0n) is 18.4. The number of hydrogen-bond acceptors (Lipinski definition) is 7. The molecule has 0 aliphatic heterocycles. The Kier molecular flexibility index (Phi) is 4.96. The van der Waals surface area contributed by atoms with Gasteiger partial charge in [0.15, 0.2) is 23.0 Å². The molecule has 0 saturated heterocycles. The van der Waals surface area contributed by atoms with E-state index in [1.54, 1.807) is 7.11 Å². The number of rotatable bonds is 5. The largest absolute Gasteiger partial charge is 0.494 e. The molecule has 3 aromatic heterocycles. The summed E-state index contributed by atoms with van der Waals surface area (Å²) in [5, 5.41) is 9.63. The Balaban J connectivity index is 1.57. The van der Waals surface area contributed by atoms with Crippen molar-refractivity contribution < 1.29 is 13.9 Å². The van der Waals surface area contributed by atoms with Crippen LogP contribution in [0.1, 0.15) is 49.9 Å². The molecule has 9 nitrogen and oxygen atoms in total. The van der Waals surface area contributed by atoms with E-state index in [1.807, 2.05) is 10.9 Å². The van der Waals surface area contributed by atoms with E-state index in [2.05, 4.69) is 28.3 Å². The Morgan fingerprint density at radius 2 is 2.12 bits per heavy atom. The summed E-state index contributed by atoms with van der Waals surface area (Å²) in [4.78, 5) is 9.16. The fourth-order valence-electron chi connectivity index (χ4n) is 4.77. The highest BCUT2D eigenvalue weighted by Crippen LogP contribution is 2.46. The van der Waals surface area contributed by atoms with Crippen molar-refractivity contribution in [3.05, 3.63) is 41.7 Å². The van der Waals surface area contributed by atoms with Gasteiger partial charge in [0.2, 0.25) is 5.95 Å². The van der Waals surface area contributed by atoms with Gasteiger partial charge in [-0.3, -0.25) is 4.68 Å². The average Bonchev–Trinajstić information content (AvgIpc) is 3.48. The predicted octanol–water partition coefficient (Wildman–Crippen LogP) is 3.42. The van der Waals surface area contributed by atoms with Crippen LogP contribution >= 0.6 is 0 Å². The number of nitrogens with zero attached hydrogens (tertiary/aromatic N) is 6. The predicted molar refractivity (Wildman–Crippen MR) is 117 cm³/mol. The molecule has 1 saturated carbocycles. The van der Waals surface area contributed by atoms with Gasteiger partial charge in [0.05, 0.1) is 24.4 Å². The number of ether oxygens (including phenoxy) is 2. The molecule has 1 aliphatic rings. The van der Waals surface area contributed by atoms with Crippen molar-refractivity contribution in [2.24, 2.45) is 0 Å². The maximum absolute atomic E-state index is 14.4. The Bertz CT molecular complexity index is 1300. The number of hydrogen-bond donors (Lipinski definition) is 1. The number of fused-ring (bicyclic) bond motifs is 3. The lowest BCUT2D eigenvalue weighted by molar-refractivity contribution is -0.0513. The minimum absolute atomic E-state index is 0.0612. The molecule has 0 bridgehead atoms. The van der Waals surface area contributed by atoms with E-state index in [0.717, 1.165) is 37.8 Å². The summed E-state index contributed by atoms with van der Waals surface area (Å²) in [7, 11) is 3.16. The second-order valence-electron chi connectivity index (χ2n) is 8.26. The van der Waals surface area contributed by atoms with Crippen molar-refractivity contribution in [1.82, 2.24) is 29.4 Å². The summed E-state index contributed by atoms with van der Waals surface area (Å²) in [5.74, 6) is 0.538. The highest BCUT2D eigenvalue weighted by atomic mass is 19.1. The van der Waals surface area contributed by atoms with Crippen LogP contribution in [0.4, 0.5) is 10.3 Å². The number of aromatic nitrogens is 6. The van der Waals surface area contributed by atoms with E-state index in [9.17, 15) is 4.39 Å². The molecule has 1 aliphatic carbocycles. The van der Waals surface area contributed by atoms with Gasteiger partial charge < -0.3 is 15.2 Å². The van der Waals surface area contributed by atoms with Gasteiger partial charge in [-0.2, -0.15) is 9.61 Å². The minimum Gasteiger partial charge on any atom is -0.494 e. The van der Waals surface area contributed by atoms with E-state index in [4.69, 9.17) is 20.2 Å². The molecule has 5 rings (SSSR count). The van der Waals surface area contributed by atoms with E-state index in [-0.39, 0.29) is 17.6 Å². The fraction of sp³-hybridized carbons (Fsp3) is 0.455. The minimum atomic E-state index is -0.484. The highest BCUT2D eigenvalue weighted by Gasteiger charge is 2.41. The van der Waals surface area contributed by atoms with Crippen molar-refractivity contribution in [2.75, 3.05) is 20.0 Å². The number of halogens is 1. The SMILES string of the molecule is CCn1cc(C2(OC)CCCC(c3nc4c5cc(F)c(OC)cc5nc(N)n4n3)C2)cn1. The van der Waals surface area contributed by atoms with Crippen LogP contribution in [0.3, 0.4) is 0 Å². The zero-order valence-corrected chi connectivity index (χ0v) is 18.4. The van der Waals surface area contributed by atoms with Gasteiger partial charge in [-0.25, -0.2) is 14.4 Å².